The molecule has 0 N–H and O–H groups in total. The Kier molecular flexibility index (Phi) is 6.07. The van der Waals surface area contributed by atoms with Gasteiger partial charge < -0.3 is 14.0 Å². The molecule has 0 unspecified atom stereocenters. The zero-order chi connectivity index (χ0) is 24.0. The Morgan fingerprint density at radius 2 is 1.94 bits per heavy atom. The molecule has 9 heteroatoms. The van der Waals surface area contributed by atoms with Gasteiger partial charge in [0, 0.05) is 29.0 Å². The van der Waals surface area contributed by atoms with Gasteiger partial charge in [-0.1, -0.05) is 22.9 Å². The summed E-state index contributed by atoms with van der Waals surface area (Å²) in [6.45, 7) is 5.76. The van der Waals surface area contributed by atoms with Crippen LogP contribution in [0.15, 0.2) is 45.3 Å². The van der Waals surface area contributed by atoms with Crippen molar-refractivity contribution in [1.82, 2.24) is 9.13 Å². The van der Waals surface area contributed by atoms with E-state index in [0.717, 1.165) is 17.0 Å². The van der Waals surface area contributed by atoms with Crippen LogP contribution in [0.3, 0.4) is 0 Å². The minimum atomic E-state index is -0.789. The number of methoxy groups -OCH3 is 2. The molecule has 172 valence electrons. The third-order valence-corrected chi connectivity index (χ3v) is 7.23. The standard InChI is InChI=1S/C24H24ClN3O4S/c1-12-9-15(14(3)27(12)4)10-19-22(29)28-21(17-11-16(25)7-8-18(17)31-5)20(23(30)32-6)13(2)26-24(28)33-19/h7-11,21H,1-6H3/b19-10-/t21-/m1/s1. The Hall–Kier alpha value is -3.10. The maximum absolute atomic E-state index is 13.7. The number of hydrogen-bond acceptors (Lipinski definition) is 6. The number of nitrogens with zero attached hydrogens (tertiary/aromatic N) is 3. The second-order valence-electron chi connectivity index (χ2n) is 7.85. The first kappa shape index (κ1) is 23.1. The van der Waals surface area contributed by atoms with Gasteiger partial charge in [-0.2, -0.15) is 0 Å². The van der Waals surface area contributed by atoms with Crippen LogP contribution in [0.5, 0.6) is 5.75 Å². The van der Waals surface area contributed by atoms with E-state index in [-0.39, 0.29) is 11.1 Å². The highest BCUT2D eigenvalue weighted by atomic mass is 35.5. The number of benzene rings is 1. The lowest BCUT2D eigenvalue weighted by Gasteiger charge is -2.25. The third-order valence-electron chi connectivity index (χ3n) is 6.01. The number of allylic oxidation sites excluding steroid dienone is 1. The molecule has 0 fully saturated rings. The van der Waals surface area contributed by atoms with Crippen molar-refractivity contribution >= 4 is 35.0 Å². The van der Waals surface area contributed by atoms with Crippen molar-refractivity contribution in [3.05, 3.63) is 82.8 Å². The minimum Gasteiger partial charge on any atom is -0.496 e. The molecule has 0 bridgehead atoms. The molecular weight excluding hydrogens is 462 g/mol. The molecule has 4 rings (SSSR count). The van der Waals surface area contributed by atoms with Crippen molar-refractivity contribution in [1.29, 1.82) is 0 Å². The Balaban J connectivity index is 2.04. The predicted octanol–water partition coefficient (Wildman–Crippen LogP) is 3.03. The Morgan fingerprint density at radius 3 is 2.55 bits per heavy atom. The lowest BCUT2D eigenvalue weighted by Crippen LogP contribution is -2.40. The summed E-state index contributed by atoms with van der Waals surface area (Å²) in [6.07, 6.45) is 1.87. The van der Waals surface area contributed by atoms with Crippen molar-refractivity contribution in [2.75, 3.05) is 14.2 Å². The minimum absolute atomic E-state index is 0.249. The Morgan fingerprint density at radius 1 is 1.21 bits per heavy atom. The van der Waals surface area contributed by atoms with E-state index in [9.17, 15) is 9.59 Å². The summed E-state index contributed by atoms with van der Waals surface area (Å²) in [6, 6.07) is 6.37. The van der Waals surface area contributed by atoms with E-state index in [4.69, 9.17) is 21.1 Å². The number of thiazole rings is 1. The van der Waals surface area contributed by atoms with E-state index in [1.165, 1.54) is 30.1 Å². The maximum atomic E-state index is 13.7. The molecule has 3 heterocycles. The topological polar surface area (TPSA) is 74.8 Å². The van der Waals surface area contributed by atoms with Gasteiger partial charge in [0.05, 0.1) is 30.0 Å². The van der Waals surface area contributed by atoms with Crippen LogP contribution in [0.1, 0.15) is 35.5 Å². The lowest BCUT2D eigenvalue weighted by molar-refractivity contribution is -0.136. The summed E-state index contributed by atoms with van der Waals surface area (Å²) >= 11 is 7.58. The number of rotatable bonds is 4. The molecule has 1 aliphatic heterocycles. The number of carbonyl (C=O) groups is 1. The van der Waals surface area contributed by atoms with Crippen LogP contribution >= 0.6 is 22.9 Å². The zero-order valence-corrected chi connectivity index (χ0v) is 20.8. The Bertz CT molecular complexity index is 1490. The molecule has 7 nitrogen and oxygen atoms in total. The second kappa shape index (κ2) is 8.68. The number of carbonyl (C=O) groups excluding carboxylic acids is 1. The van der Waals surface area contributed by atoms with Crippen LogP contribution in [0, 0.1) is 13.8 Å². The van der Waals surface area contributed by atoms with Crippen molar-refractivity contribution in [3.8, 4) is 5.75 Å². The largest absolute Gasteiger partial charge is 0.496 e. The molecule has 3 aromatic rings. The van der Waals surface area contributed by atoms with Gasteiger partial charge in [0.15, 0.2) is 4.80 Å². The number of halogens is 1. The first-order valence-electron chi connectivity index (χ1n) is 10.2. The normalized spacial score (nSPS) is 16.0. The second-order valence-corrected chi connectivity index (χ2v) is 9.29. The van der Waals surface area contributed by atoms with Gasteiger partial charge in [0.25, 0.3) is 5.56 Å². The highest BCUT2D eigenvalue weighted by Crippen LogP contribution is 2.37. The molecule has 0 aliphatic carbocycles. The van der Waals surface area contributed by atoms with E-state index in [1.807, 2.05) is 33.0 Å². The van der Waals surface area contributed by atoms with Gasteiger partial charge >= 0.3 is 5.97 Å². The number of aromatic nitrogens is 2. The van der Waals surface area contributed by atoms with E-state index < -0.39 is 12.0 Å². The van der Waals surface area contributed by atoms with Gasteiger partial charge in [-0.05, 0) is 56.7 Å². The van der Waals surface area contributed by atoms with Gasteiger partial charge in [-0.15, -0.1) is 0 Å². The van der Waals surface area contributed by atoms with E-state index in [2.05, 4.69) is 9.56 Å². The average molecular weight is 486 g/mol. The van der Waals surface area contributed by atoms with Crippen molar-refractivity contribution in [3.63, 3.8) is 0 Å². The van der Waals surface area contributed by atoms with Crippen LogP contribution in [0.2, 0.25) is 5.02 Å². The van der Waals surface area contributed by atoms with Gasteiger partial charge in [-0.25, -0.2) is 9.79 Å². The molecule has 0 amide bonds. The van der Waals surface area contributed by atoms with E-state index in [0.29, 0.717) is 31.4 Å². The van der Waals surface area contributed by atoms with Crippen molar-refractivity contribution in [2.45, 2.75) is 26.8 Å². The fourth-order valence-electron chi connectivity index (χ4n) is 4.08. The number of esters is 1. The van der Waals surface area contributed by atoms with Gasteiger partial charge in [0.2, 0.25) is 0 Å². The summed E-state index contributed by atoms with van der Waals surface area (Å²) in [5, 5.41) is 0.460. The first-order valence-corrected chi connectivity index (χ1v) is 11.4. The Labute approximate surface area is 199 Å². The number of aryl methyl sites for hydroxylation is 1. The number of hydrogen-bond donors (Lipinski definition) is 0. The highest BCUT2D eigenvalue weighted by Gasteiger charge is 2.35. The highest BCUT2D eigenvalue weighted by molar-refractivity contribution is 7.07. The molecular formula is C24H24ClN3O4S. The molecule has 1 atom stereocenters. The van der Waals surface area contributed by atoms with E-state index in [1.54, 1.807) is 25.1 Å². The summed E-state index contributed by atoms with van der Waals surface area (Å²) in [5.41, 5.74) is 4.19. The van der Waals surface area contributed by atoms with E-state index >= 15 is 0 Å². The molecule has 0 saturated carbocycles. The summed E-state index contributed by atoms with van der Waals surface area (Å²) in [7, 11) is 4.83. The molecule has 1 aliphatic rings. The third kappa shape index (κ3) is 3.83. The average Bonchev–Trinajstić information content (AvgIpc) is 3.22. The van der Waals surface area contributed by atoms with Gasteiger partial charge in [-0.3, -0.25) is 9.36 Å². The number of fused-ring (bicyclic) bond motifs is 1. The molecule has 0 saturated heterocycles. The molecule has 33 heavy (non-hydrogen) atoms. The maximum Gasteiger partial charge on any atom is 0.338 e. The van der Waals surface area contributed by atoms with Crippen LogP contribution in [-0.4, -0.2) is 29.3 Å². The smallest absolute Gasteiger partial charge is 0.338 e. The predicted molar refractivity (Wildman–Crippen MR) is 129 cm³/mol. The fourth-order valence-corrected chi connectivity index (χ4v) is 5.30. The molecule has 0 radical (unpaired) electrons. The zero-order valence-electron chi connectivity index (χ0n) is 19.2. The van der Waals surface area contributed by atoms with Crippen molar-refractivity contribution in [2.24, 2.45) is 12.0 Å². The quantitative estimate of drug-likeness (QED) is 0.532. The molecule has 1 aromatic carbocycles. The summed E-state index contributed by atoms with van der Waals surface area (Å²) in [5.74, 6) is -0.0586. The van der Waals surface area contributed by atoms with Crippen molar-refractivity contribution < 1.29 is 14.3 Å². The monoisotopic (exact) mass is 485 g/mol. The molecule has 0 spiro atoms. The van der Waals surface area contributed by atoms with Gasteiger partial charge in [0.1, 0.15) is 11.8 Å². The fraction of sp³-hybridized carbons (Fsp3) is 0.292. The van der Waals surface area contributed by atoms with Crippen LogP contribution in [0.25, 0.3) is 6.08 Å². The molecule has 2 aromatic heterocycles. The SMILES string of the molecule is COC(=O)C1=C(C)N=c2s/c(=C\c3cc(C)n(C)c3C)c(=O)n2[C@@H]1c1cc(Cl)ccc1OC. The van der Waals surface area contributed by atoms with Crippen LogP contribution < -0.4 is 19.6 Å². The lowest BCUT2D eigenvalue weighted by atomic mass is 9.95. The van der Waals surface area contributed by atoms with Crippen LogP contribution in [-0.2, 0) is 16.6 Å². The first-order chi connectivity index (χ1) is 15.7. The van der Waals surface area contributed by atoms with Crippen LogP contribution in [0.4, 0.5) is 0 Å². The summed E-state index contributed by atoms with van der Waals surface area (Å²) < 4.78 is 14.7. The summed E-state index contributed by atoms with van der Waals surface area (Å²) in [4.78, 5) is 31.6. The number of ether oxygens (including phenoxy) is 2.